The maximum absolute atomic E-state index is 11.9. The van der Waals surface area contributed by atoms with Crippen LogP contribution in [0.4, 0.5) is 0 Å². The summed E-state index contributed by atoms with van der Waals surface area (Å²) < 4.78 is 6.11. The van der Waals surface area contributed by atoms with Crippen molar-refractivity contribution in [2.45, 2.75) is 0 Å². The average molecular weight is 430 g/mol. The molecule has 0 aliphatic heterocycles. The molecule has 0 aliphatic carbocycles. The summed E-state index contributed by atoms with van der Waals surface area (Å²) in [4.78, 5) is 23.7. The van der Waals surface area contributed by atoms with Crippen molar-refractivity contribution in [2.24, 2.45) is 0 Å². The molecule has 2 amide bonds. The van der Waals surface area contributed by atoms with Gasteiger partial charge >= 0.3 is 0 Å². The first kappa shape index (κ1) is 20.3. The monoisotopic (exact) mass is 429 g/mol. The van der Waals surface area contributed by atoms with Crippen LogP contribution >= 0.6 is 15.9 Å². The third-order valence-corrected chi connectivity index (χ3v) is 4.00. The molecule has 0 bridgehead atoms. The number of amides is 2. The molecule has 0 heterocycles. The molecule has 0 aliphatic rings. The van der Waals surface area contributed by atoms with Gasteiger partial charge in [-0.25, -0.2) is 0 Å². The lowest BCUT2D eigenvalue weighted by Gasteiger charge is -2.11. The summed E-state index contributed by atoms with van der Waals surface area (Å²) in [5.74, 6) is -0.124. The van der Waals surface area contributed by atoms with Gasteiger partial charge in [-0.2, -0.15) is 0 Å². The van der Waals surface area contributed by atoms with Gasteiger partial charge in [0.15, 0.2) is 0 Å². The van der Waals surface area contributed by atoms with Crippen LogP contribution in [0.25, 0.3) is 11.8 Å². The number of ether oxygens (including phenoxy) is 1. The Morgan fingerprint density at radius 2 is 1.93 bits per heavy atom. The summed E-state index contributed by atoms with van der Waals surface area (Å²) in [5, 5.41) is 2.51. The number of hydrogen-bond donors (Lipinski definition) is 3. The Morgan fingerprint density at radius 1 is 1.15 bits per heavy atom. The number of methoxy groups -OCH3 is 1. The lowest BCUT2D eigenvalue weighted by atomic mass is 10.2. The van der Waals surface area contributed by atoms with Crippen LogP contribution in [0.15, 0.2) is 65.7 Å². The lowest BCUT2D eigenvalue weighted by molar-refractivity contribution is -0.124. The van der Waals surface area contributed by atoms with Crippen molar-refractivity contribution >= 4 is 39.5 Å². The highest BCUT2D eigenvalue weighted by Gasteiger charge is 2.05. The molecule has 0 atom stereocenters. The van der Waals surface area contributed by atoms with E-state index in [0.29, 0.717) is 11.4 Å². The van der Waals surface area contributed by atoms with Gasteiger partial charge in [-0.05, 0) is 29.8 Å². The number of halogens is 1. The highest BCUT2D eigenvalue weighted by atomic mass is 79.9. The van der Waals surface area contributed by atoms with Gasteiger partial charge in [0.2, 0.25) is 5.91 Å². The Bertz CT molecular complexity index is 865. The molecule has 7 heteroatoms. The van der Waals surface area contributed by atoms with E-state index in [2.05, 4.69) is 38.7 Å². The Labute approximate surface area is 166 Å². The molecule has 0 unspecified atom stereocenters. The Kier molecular flexibility index (Phi) is 7.63. The number of rotatable bonds is 8. The van der Waals surface area contributed by atoms with E-state index in [1.54, 1.807) is 19.3 Å². The van der Waals surface area contributed by atoms with Crippen molar-refractivity contribution in [3.8, 4) is 5.75 Å². The molecule has 0 radical (unpaired) electrons. The molecule has 3 N–H and O–H groups in total. The third-order valence-electron chi connectivity index (χ3n) is 3.50. The first-order chi connectivity index (χ1) is 13.0. The number of carbonyl (C=O) groups is 2. The fourth-order valence-electron chi connectivity index (χ4n) is 2.13. The SMILES string of the molecule is C=C(NNC(=O)CNC(=O)/C=C/c1ccccc1OC)c1cccc(Br)c1. The zero-order valence-electron chi connectivity index (χ0n) is 14.8. The minimum Gasteiger partial charge on any atom is -0.496 e. The van der Waals surface area contributed by atoms with E-state index in [1.807, 2.05) is 42.5 Å². The molecule has 0 saturated carbocycles. The van der Waals surface area contributed by atoms with E-state index < -0.39 is 5.91 Å². The Morgan fingerprint density at radius 3 is 2.67 bits per heavy atom. The maximum atomic E-state index is 11.9. The molecule has 27 heavy (non-hydrogen) atoms. The van der Waals surface area contributed by atoms with E-state index in [-0.39, 0.29) is 12.5 Å². The van der Waals surface area contributed by atoms with E-state index in [4.69, 9.17) is 4.74 Å². The molecule has 0 saturated heterocycles. The first-order valence-corrected chi connectivity index (χ1v) is 8.87. The molecule has 6 nitrogen and oxygen atoms in total. The smallest absolute Gasteiger partial charge is 0.257 e. The summed E-state index contributed by atoms with van der Waals surface area (Å²) in [6, 6.07) is 14.8. The maximum Gasteiger partial charge on any atom is 0.257 e. The van der Waals surface area contributed by atoms with Crippen LogP contribution in [0, 0.1) is 0 Å². The van der Waals surface area contributed by atoms with Crippen LogP contribution in [0.3, 0.4) is 0 Å². The second-order valence-corrected chi connectivity index (χ2v) is 6.37. The zero-order chi connectivity index (χ0) is 19.6. The normalized spacial score (nSPS) is 10.3. The molecule has 140 valence electrons. The van der Waals surface area contributed by atoms with Gasteiger partial charge in [0.1, 0.15) is 5.75 Å². The Balaban J connectivity index is 1.77. The predicted molar refractivity (Wildman–Crippen MR) is 109 cm³/mol. The van der Waals surface area contributed by atoms with Gasteiger partial charge in [-0.15, -0.1) is 0 Å². The number of nitrogens with one attached hydrogen (secondary N) is 3. The number of benzene rings is 2. The second kappa shape index (κ2) is 10.2. The number of carbonyl (C=O) groups excluding carboxylic acids is 2. The minimum absolute atomic E-state index is 0.173. The van der Waals surface area contributed by atoms with Crippen molar-refractivity contribution < 1.29 is 14.3 Å². The number of para-hydroxylation sites is 1. The topological polar surface area (TPSA) is 79.5 Å². The summed E-state index contributed by atoms with van der Waals surface area (Å²) in [7, 11) is 1.56. The van der Waals surface area contributed by atoms with Crippen LogP contribution in [-0.2, 0) is 9.59 Å². The van der Waals surface area contributed by atoms with Crippen LogP contribution in [-0.4, -0.2) is 25.5 Å². The van der Waals surface area contributed by atoms with Gasteiger partial charge in [0.05, 0.1) is 19.4 Å². The largest absolute Gasteiger partial charge is 0.496 e. The molecule has 0 aromatic heterocycles. The fraction of sp³-hybridized carbons (Fsp3) is 0.100. The summed E-state index contributed by atoms with van der Waals surface area (Å²) in [6.45, 7) is 3.68. The second-order valence-electron chi connectivity index (χ2n) is 5.46. The van der Waals surface area contributed by atoms with Gasteiger partial charge in [-0.1, -0.05) is 52.8 Å². The fourth-order valence-corrected chi connectivity index (χ4v) is 2.53. The van der Waals surface area contributed by atoms with Crippen LogP contribution in [0.5, 0.6) is 5.75 Å². The van der Waals surface area contributed by atoms with Crippen LogP contribution < -0.4 is 20.9 Å². The predicted octanol–water partition coefficient (Wildman–Crippen LogP) is 2.88. The molecular weight excluding hydrogens is 410 g/mol. The van der Waals surface area contributed by atoms with Crippen molar-refractivity contribution in [3.63, 3.8) is 0 Å². The highest BCUT2D eigenvalue weighted by molar-refractivity contribution is 9.10. The molecule has 2 aromatic rings. The van der Waals surface area contributed by atoms with E-state index in [9.17, 15) is 9.59 Å². The lowest BCUT2D eigenvalue weighted by Crippen LogP contribution is -2.42. The highest BCUT2D eigenvalue weighted by Crippen LogP contribution is 2.18. The molecule has 0 spiro atoms. The summed E-state index contributed by atoms with van der Waals surface area (Å²) >= 11 is 3.37. The molecular formula is C20H20BrN3O3. The van der Waals surface area contributed by atoms with Gasteiger partial charge in [-0.3, -0.25) is 20.4 Å². The number of hydrazine groups is 1. The van der Waals surface area contributed by atoms with Crippen molar-refractivity contribution in [3.05, 3.63) is 76.8 Å². The van der Waals surface area contributed by atoms with E-state index >= 15 is 0 Å². The summed E-state index contributed by atoms with van der Waals surface area (Å²) in [5.41, 5.74) is 7.34. The van der Waals surface area contributed by atoms with E-state index in [1.165, 1.54) is 6.08 Å². The molecule has 2 aromatic carbocycles. The van der Waals surface area contributed by atoms with Gasteiger partial charge in [0.25, 0.3) is 5.91 Å². The van der Waals surface area contributed by atoms with Gasteiger partial charge in [0, 0.05) is 16.1 Å². The standard InChI is InChI=1S/C20H20BrN3O3/c1-14(16-7-5-8-17(21)12-16)23-24-20(26)13-22-19(25)11-10-15-6-3-4-9-18(15)27-2/h3-12,23H,1,13H2,2H3,(H,22,25)(H,24,26)/b11-10+. The third kappa shape index (κ3) is 6.63. The van der Waals surface area contributed by atoms with Gasteiger partial charge < -0.3 is 10.1 Å². The van der Waals surface area contributed by atoms with Crippen molar-refractivity contribution in [1.29, 1.82) is 0 Å². The quantitative estimate of drug-likeness (QED) is 0.445. The molecule has 0 fully saturated rings. The van der Waals surface area contributed by atoms with Crippen molar-refractivity contribution in [1.82, 2.24) is 16.2 Å². The zero-order valence-corrected chi connectivity index (χ0v) is 16.4. The minimum atomic E-state index is -0.398. The van der Waals surface area contributed by atoms with Crippen LogP contribution in [0.2, 0.25) is 0 Å². The number of hydrogen-bond acceptors (Lipinski definition) is 4. The van der Waals surface area contributed by atoms with E-state index in [0.717, 1.165) is 15.6 Å². The average Bonchev–Trinajstić information content (AvgIpc) is 2.69. The Hall–Kier alpha value is -3.06. The first-order valence-electron chi connectivity index (χ1n) is 8.08. The van der Waals surface area contributed by atoms with Crippen molar-refractivity contribution in [2.75, 3.05) is 13.7 Å². The summed E-state index contributed by atoms with van der Waals surface area (Å²) in [6.07, 6.45) is 2.97. The molecule has 2 rings (SSSR count). The van der Waals surface area contributed by atoms with Crippen LogP contribution in [0.1, 0.15) is 11.1 Å².